The molecule has 0 unspecified atom stereocenters. The van der Waals surface area contributed by atoms with E-state index in [4.69, 9.17) is 5.26 Å². The van der Waals surface area contributed by atoms with Crippen molar-refractivity contribution >= 4 is 11.6 Å². The molecule has 84 valence electrons. The highest BCUT2D eigenvalue weighted by molar-refractivity contribution is 5.97. The molecule has 1 aromatic carbocycles. The van der Waals surface area contributed by atoms with Crippen molar-refractivity contribution in [2.75, 3.05) is 5.32 Å². The van der Waals surface area contributed by atoms with Gasteiger partial charge in [-0.25, -0.2) is 0 Å². The molecule has 0 radical (unpaired) electrons. The molecule has 0 aliphatic rings. The second-order valence-corrected chi connectivity index (χ2v) is 4.44. The first-order valence-corrected chi connectivity index (χ1v) is 5.17. The Morgan fingerprint density at radius 2 is 2.00 bits per heavy atom. The Balaban J connectivity index is 2.95. The van der Waals surface area contributed by atoms with Gasteiger partial charge in [0.15, 0.2) is 0 Å². The quantitative estimate of drug-likeness (QED) is 0.826. The van der Waals surface area contributed by atoms with Crippen LogP contribution in [0.4, 0.5) is 5.69 Å². The molecular weight excluding hydrogens is 200 g/mol. The molecule has 0 aliphatic heterocycles. The van der Waals surface area contributed by atoms with E-state index in [-0.39, 0.29) is 5.91 Å². The minimum atomic E-state index is -1.00. The topological polar surface area (TPSA) is 52.9 Å². The van der Waals surface area contributed by atoms with E-state index in [1.54, 1.807) is 13.8 Å². The fourth-order valence-corrected chi connectivity index (χ4v) is 1.22. The van der Waals surface area contributed by atoms with Crippen molar-refractivity contribution in [1.82, 2.24) is 0 Å². The number of aryl methyl sites for hydroxylation is 1. The van der Waals surface area contributed by atoms with Crippen molar-refractivity contribution in [2.24, 2.45) is 5.41 Å². The van der Waals surface area contributed by atoms with Crippen LogP contribution in [0.1, 0.15) is 25.0 Å². The highest BCUT2D eigenvalue weighted by Crippen LogP contribution is 2.21. The summed E-state index contributed by atoms with van der Waals surface area (Å²) in [6.45, 7) is 7.14. The molecule has 0 saturated carbocycles. The molecule has 3 nitrogen and oxygen atoms in total. The van der Waals surface area contributed by atoms with Gasteiger partial charge >= 0.3 is 0 Å². The molecule has 0 aliphatic carbocycles. The van der Waals surface area contributed by atoms with E-state index in [0.717, 1.165) is 16.8 Å². The molecule has 16 heavy (non-hydrogen) atoms. The maximum atomic E-state index is 11.8. The van der Waals surface area contributed by atoms with Crippen molar-refractivity contribution in [2.45, 2.75) is 27.7 Å². The van der Waals surface area contributed by atoms with Crippen molar-refractivity contribution < 1.29 is 4.79 Å². The molecule has 1 N–H and O–H groups in total. The van der Waals surface area contributed by atoms with Crippen molar-refractivity contribution in [3.63, 3.8) is 0 Å². The first-order valence-electron chi connectivity index (χ1n) is 5.17. The summed E-state index contributed by atoms with van der Waals surface area (Å²) in [6, 6.07) is 7.70. The molecule has 0 spiro atoms. The molecule has 0 fully saturated rings. The van der Waals surface area contributed by atoms with Gasteiger partial charge < -0.3 is 5.32 Å². The predicted octanol–water partition coefficient (Wildman–Crippen LogP) is 2.79. The Hall–Kier alpha value is -1.82. The number of nitriles is 1. The molecule has 0 heterocycles. The number of anilines is 1. The van der Waals surface area contributed by atoms with Gasteiger partial charge in [0, 0.05) is 5.69 Å². The standard InChI is InChI=1S/C13H16N2O/c1-9-6-5-7-11(10(9)2)15-12(16)13(3,4)8-14/h5-7H,1-4H3,(H,15,16). The van der Waals surface area contributed by atoms with Crippen LogP contribution in [0.25, 0.3) is 0 Å². The summed E-state index contributed by atoms with van der Waals surface area (Å²) < 4.78 is 0. The van der Waals surface area contributed by atoms with Crippen LogP contribution in [-0.4, -0.2) is 5.91 Å². The first-order chi connectivity index (χ1) is 7.38. The fraction of sp³-hybridized carbons (Fsp3) is 0.385. The number of hydrogen-bond acceptors (Lipinski definition) is 2. The Morgan fingerprint density at radius 1 is 1.38 bits per heavy atom. The second kappa shape index (κ2) is 4.36. The van der Waals surface area contributed by atoms with E-state index in [2.05, 4.69) is 5.32 Å². The lowest BCUT2D eigenvalue weighted by atomic mass is 9.94. The first kappa shape index (κ1) is 12.3. The summed E-state index contributed by atoms with van der Waals surface area (Å²) in [5.74, 6) is -0.274. The summed E-state index contributed by atoms with van der Waals surface area (Å²) in [7, 11) is 0. The number of nitrogens with zero attached hydrogens (tertiary/aromatic N) is 1. The van der Waals surface area contributed by atoms with E-state index < -0.39 is 5.41 Å². The molecule has 1 aromatic rings. The van der Waals surface area contributed by atoms with Crippen molar-refractivity contribution in [1.29, 1.82) is 5.26 Å². The van der Waals surface area contributed by atoms with E-state index in [0.29, 0.717) is 0 Å². The Bertz CT molecular complexity index is 455. The largest absolute Gasteiger partial charge is 0.324 e. The number of benzene rings is 1. The Morgan fingerprint density at radius 3 is 2.56 bits per heavy atom. The van der Waals surface area contributed by atoms with Gasteiger partial charge in [0.05, 0.1) is 6.07 Å². The lowest BCUT2D eigenvalue weighted by molar-refractivity contribution is -0.121. The highest BCUT2D eigenvalue weighted by atomic mass is 16.2. The van der Waals surface area contributed by atoms with Gasteiger partial charge in [-0.3, -0.25) is 4.79 Å². The van der Waals surface area contributed by atoms with E-state index in [9.17, 15) is 4.79 Å². The maximum absolute atomic E-state index is 11.8. The van der Waals surface area contributed by atoms with Gasteiger partial charge in [-0.05, 0) is 44.9 Å². The number of rotatable bonds is 2. The van der Waals surface area contributed by atoms with E-state index in [1.165, 1.54) is 0 Å². The number of amides is 1. The third-order valence-corrected chi connectivity index (χ3v) is 2.70. The lowest BCUT2D eigenvalue weighted by Gasteiger charge is -2.17. The van der Waals surface area contributed by atoms with Crippen molar-refractivity contribution in [3.05, 3.63) is 29.3 Å². The lowest BCUT2D eigenvalue weighted by Crippen LogP contribution is -2.29. The van der Waals surface area contributed by atoms with Gasteiger partial charge in [-0.1, -0.05) is 12.1 Å². The molecule has 3 heteroatoms. The van der Waals surface area contributed by atoms with Crippen LogP contribution in [0, 0.1) is 30.6 Å². The zero-order valence-electron chi connectivity index (χ0n) is 10.1. The third-order valence-electron chi connectivity index (χ3n) is 2.70. The number of carbonyl (C=O) groups is 1. The summed E-state index contributed by atoms with van der Waals surface area (Å²) in [5.41, 5.74) is 1.92. The predicted molar refractivity (Wildman–Crippen MR) is 63.9 cm³/mol. The molecular formula is C13H16N2O. The van der Waals surface area contributed by atoms with E-state index in [1.807, 2.05) is 38.1 Å². The van der Waals surface area contributed by atoms with Gasteiger partial charge in [0.1, 0.15) is 5.41 Å². The summed E-state index contributed by atoms with van der Waals surface area (Å²) >= 11 is 0. The van der Waals surface area contributed by atoms with Gasteiger partial charge in [0.2, 0.25) is 5.91 Å². The van der Waals surface area contributed by atoms with Gasteiger partial charge in [-0.15, -0.1) is 0 Å². The van der Waals surface area contributed by atoms with Crippen molar-refractivity contribution in [3.8, 4) is 6.07 Å². The minimum Gasteiger partial charge on any atom is -0.324 e. The van der Waals surface area contributed by atoms with Gasteiger partial charge in [0.25, 0.3) is 0 Å². The summed E-state index contributed by atoms with van der Waals surface area (Å²) in [6.07, 6.45) is 0. The zero-order chi connectivity index (χ0) is 12.3. The van der Waals surface area contributed by atoms with Crippen LogP contribution in [-0.2, 0) is 4.79 Å². The summed E-state index contributed by atoms with van der Waals surface area (Å²) in [5, 5.41) is 11.6. The Kier molecular flexibility index (Phi) is 3.34. The fourth-order valence-electron chi connectivity index (χ4n) is 1.22. The maximum Gasteiger partial charge on any atom is 0.244 e. The molecule has 0 bridgehead atoms. The Labute approximate surface area is 96.1 Å². The molecule has 1 amide bonds. The van der Waals surface area contributed by atoms with Crippen LogP contribution in [0.5, 0.6) is 0 Å². The molecule has 0 atom stereocenters. The monoisotopic (exact) mass is 216 g/mol. The normalized spacial score (nSPS) is 10.7. The average molecular weight is 216 g/mol. The number of nitrogens with one attached hydrogen (secondary N) is 1. The van der Waals surface area contributed by atoms with Crippen LogP contribution in [0.3, 0.4) is 0 Å². The minimum absolute atomic E-state index is 0.274. The zero-order valence-corrected chi connectivity index (χ0v) is 10.1. The third kappa shape index (κ3) is 2.40. The second-order valence-electron chi connectivity index (χ2n) is 4.44. The summed E-state index contributed by atoms with van der Waals surface area (Å²) in [4.78, 5) is 11.8. The SMILES string of the molecule is Cc1cccc(NC(=O)C(C)(C)C#N)c1C. The van der Waals surface area contributed by atoms with Crippen LogP contribution < -0.4 is 5.32 Å². The van der Waals surface area contributed by atoms with Crippen LogP contribution >= 0.6 is 0 Å². The van der Waals surface area contributed by atoms with Crippen LogP contribution in [0.15, 0.2) is 18.2 Å². The number of carbonyl (C=O) groups excluding carboxylic acids is 1. The number of hydrogen-bond donors (Lipinski definition) is 1. The highest BCUT2D eigenvalue weighted by Gasteiger charge is 2.27. The smallest absolute Gasteiger partial charge is 0.244 e. The average Bonchev–Trinajstić information content (AvgIpc) is 2.24. The molecule has 1 rings (SSSR count). The molecule has 0 saturated heterocycles. The van der Waals surface area contributed by atoms with Crippen LogP contribution in [0.2, 0.25) is 0 Å². The van der Waals surface area contributed by atoms with E-state index >= 15 is 0 Å². The molecule has 0 aromatic heterocycles. The van der Waals surface area contributed by atoms with Gasteiger partial charge in [-0.2, -0.15) is 5.26 Å².